The number of nitro groups is 1. The van der Waals surface area contributed by atoms with Crippen molar-refractivity contribution in [1.29, 1.82) is 0 Å². The number of fused-ring (bicyclic) bond motifs is 1. The van der Waals surface area contributed by atoms with Gasteiger partial charge in [0.15, 0.2) is 5.43 Å². The molecule has 1 fully saturated rings. The third kappa shape index (κ3) is 3.98. The Morgan fingerprint density at radius 2 is 1.97 bits per heavy atom. The molecule has 1 N–H and O–H groups in total. The highest BCUT2D eigenvalue weighted by Gasteiger charge is 2.37. The van der Waals surface area contributed by atoms with E-state index in [1.54, 1.807) is 12.1 Å². The number of aliphatic hydroxyl groups is 1. The second-order valence-electron chi connectivity index (χ2n) is 7.92. The van der Waals surface area contributed by atoms with E-state index >= 15 is 0 Å². The normalized spacial score (nSPS) is 18.6. The number of likely N-dealkylation sites (tertiary alicyclic amines) is 1. The number of methoxy groups -OCH3 is 2. The number of hydrogen-bond donors (Lipinski definition) is 1. The second-order valence-corrected chi connectivity index (χ2v) is 8.78. The molecule has 0 radical (unpaired) electrons. The van der Waals surface area contributed by atoms with Gasteiger partial charge in [0.25, 0.3) is 5.69 Å². The van der Waals surface area contributed by atoms with Crippen LogP contribution in [-0.4, -0.2) is 55.4 Å². The number of rotatable bonds is 6. The van der Waals surface area contributed by atoms with Gasteiger partial charge in [-0.15, -0.1) is 0 Å². The van der Waals surface area contributed by atoms with Crippen LogP contribution in [0.2, 0.25) is 0 Å². The fourth-order valence-electron chi connectivity index (χ4n) is 4.54. The number of nitro benzene ring substituents is 1. The van der Waals surface area contributed by atoms with Crippen molar-refractivity contribution in [2.24, 2.45) is 0 Å². The highest BCUT2D eigenvalue weighted by molar-refractivity contribution is 9.10. The van der Waals surface area contributed by atoms with Crippen molar-refractivity contribution < 1.29 is 23.9 Å². The zero-order valence-electron chi connectivity index (χ0n) is 18.3. The fraction of sp³-hybridized carbons (Fsp3) is 0.348. The largest absolute Gasteiger partial charge is 0.496 e. The summed E-state index contributed by atoms with van der Waals surface area (Å²) in [5, 5.41) is 21.6. The van der Waals surface area contributed by atoms with E-state index in [2.05, 4.69) is 20.8 Å². The maximum absolute atomic E-state index is 13.3. The number of aliphatic hydroxyl groups excluding tert-OH is 1. The number of likely N-dealkylation sites (N-methyl/N-ethyl adjacent to an activating group) is 1. The average molecular weight is 519 g/mol. The van der Waals surface area contributed by atoms with Crippen LogP contribution < -0.4 is 14.9 Å². The molecule has 9 nitrogen and oxygen atoms in total. The lowest BCUT2D eigenvalue weighted by Crippen LogP contribution is -2.32. The lowest BCUT2D eigenvalue weighted by atomic mass is 9.89. The van der Waals surface area contributed by atoms with Gasteiger partial charge < -0.3 is 23.9 Å². The van der Waals surface area contributed by atoms with Gasteiger partial charge in [0, 0.05) is 51.8 Å². The van der Waals surface area contributed by atoms with Crippen LogP contribution in [0.3, 0.4) is 0 Å². The Labute approximate surface area is 197 Å². The van der Waals surface area contributed by atoms with E-state index < -0.39 is 4.92 Å². The monoisotopic (exact) mass is 518 g/mol. The Morgan fingerprint density at radius 3 is 2.61 bits per heavy atom. The zero-order chi connectivity index (χ0) is 23.9. The summed E-state index contributed by atoms with van der Waals surface area (Å²) in [6.07, 6.45) is 0.730. The summed E-state index contributed by atoms with van der Waals surface area (Å²) in [4.78, 5) is 26.1. The van der Waals surface area contributed by atoms with Crippen molar-refractivity contribution in [3.05, 3.63) is 60.7 Å². The van der Waals surface area contributed by atoms with E-state index in [1.807, 2.05) is 7.05 Å². The summed E-state index contributed by atoms with van der Waals surface area (Å²) in [7, 11) is 4.91. The van der Waals surface area contributed by atoms with Crippen LogP contribution in [-0.2, 0) is 0 Å². The van der Waals surface area contributed by atoms with Crippen LogP contribution in [0, 0.1) is 10.1 Å². The van der Waals surface area contributed by atoms with Crippen LogP contribution in [0.15, 0.2) is 44.0 Å². The number of ether oxygens (including phenoxy) is 2. The summed E-state index contributed by atoms with van der Waals surface area (Å²) in [6, 6.07) is 7.03. The van der Waals surface area contributed by atoms with Gasteiger partial charge in [0.2, 0.25) is 0 Å². The molecule has 1 saturated heterocycles. The van der Waals surface area contributed by atoms with Crippen molar-refractivity contribution in [1.82, 2.24) is 4.90 Å². The first kappa shape index (κ1) is 23.2. The molecular formula is C23H23BrN2O7. The van der Waals surface area contributed by atoms with Crippen LogP contribution in [0.1, 0.15) is 17.9 Å². The molecule has 0 amide bonds. The number of hydrogen-bond acceptors (Lipinski definition) is 8. The molecule has 33 heavy (non-hydrogen) atoms. The molecule has 1 aliphatic rings. The van der Waals surface area contributed by atoms with Gasteiger partial charge in [0.05, 0.1) is 25.7 Å². The van der Waals surface area contributed by atoms with Crippen molar-refractivity contribution >= 4 is 32.6 Å². The first-order valence-electron chi connectivity index (χ1n) is 10.3. The van der Waals surface area contributed by atoms with Gasteiger partial charge in [-0.2, -0.15) is 0 Å². The van der Waals surface area contributed by atoms with Gasteiger partial charge in [-0.1, -0.05) is 15.9 Å². The maximum atomic E-state index is 13.3. The minimum absolute atomic E-state index is 0.0712. The Morgan fingerprint density at radius 1 is 1.24 bits per heavy atom. The van der Waals surface area contributed by atoms with Crippen molar-refractivity contribution in [3.8, 4) is 22.8 Å². The fourth-order valence-corrected chi connectivity index (χ4v) is 4.98. The quantitative estimate of drug-likeness (QED) is 0.385. The number of benzene rings is 2. The van der Waals surface area contributed by atoms with E-state index in [-0.39, 0.29) is 46.4 Å². The molecule has 1 aliphatic heterocycles. The third-order valence-corrected chi connectivity index (χ3v) is 6.91. The van der Waals surface area contributed by atoms with Gasteiger partial charge in [-0.05, 0) is 26.1 Å². The Bertz CT molecular complexity index is 1290. The molecule has 0 saturated carbocycles. The number of non-ortho nitro benzene ring substituents is 1. The minimum atomic E-state index is -0.507. The van der Waals surface area contributed by atoms with E-state index in [0.717, 1.165) is 13.0 Å². The summed E-state index contributed by atoms with van der Waals surface area (Å²) in [6.45, 7) is 0.686. The standard InChI is InChI=1S/C23H23BrN2O7/c1-25-7-6-13(16(25)11-27)21-19(31-2)10-20(32-3)22-17(28)9-18(33-23(21)22)14-8-12(26(29)30)4-5-15(14)24/h4-5,8-10,13,16,27H,6-7,11H2,1-3H3/t13-,16+/m1/s1. The minimum Gasteiger partial charge on any atom is -0.496 e. The SMILES string of the molecule is COc1cc(OC)c2c(=O)cc(-c3cc([N+](=O)[O-])ccc3Br)oc2c1[C@@H]1CCN(C)[C@H]1CO. The molecule has 1 aromatic heterocycles. The van der Waals surface area contributed by atoms with Crippen LogP contribution in [0.25, 0.3) is 22.3 Å². The summed E-state index contributed by atoms with van der Waals surface area (Å²) >= 11 is 3.40. The predicted molar refractivity (Wildman–Crippen MR) is 126 cm³/mol. The Kier molecular flexibility index (Phi) is 6.42. The molecule has 0 aliphatic carbocycles. The van der Waals surface area contributed by atoms with E-state index in [4.69, 9.17) is 13.9 Å². The molecule has 3 aromatic rings. The molecule has 4 rings (SSSR count). The van der Waals surface area contributed by atoms with Crippen LogP contribution in [0.5, 0.6) is 11.5 Å². The molecule has 2 aromatic carbocycles. The molecule has 0 spiro atoms. The van der Waals surface area contributed by atoms with Crippen molar-refractivity contribution in [2.75, 3.05) is 34.4 Å². The number of halogens is 1. The molecular weight excluding hydrogens is 496 g/mol. The Balaban J connectivity index is 2.06. The van der Waals surface area contributed by atoms with Gasteiger partial charge in [0.1, 0.15) is 28.2 Å². The van der Waals surface area contributed by atoms with E-state index in [1.165, 1.54) is 32.4 Å². The van der Waals surface area contributed by atoms with E-state index in [9.17, 15) is 20.0 Å². The van der Waals surface area contributed by atoms with Crippen molar-refractivity contribution in [3.63, 3.8) is 0 Å². The second kappa shape index (κ2) is 9.12. The molecule has 0 bridgehead atoms. The van der Waals surface area contributed by atoms with Crippen molar-refractivity contribution in [2.45, 2.75) is 18.4 Å². The Hall–Kier alpha value is -2.95. The lowest BCUT2D eigenvalue weighted by molar-refractivity contribution is -0.384. The van der Waals surface area contributed by atoms with E-state index in [0.29, 0.717) is 27.1 Å². The third-order valence-electron chi connectivity index (χ3n) is 6.21. The number of nitrogens with zero attached hydrogens (tertiary/aromatic N) is 2. The van der Waals surface area contributed by atoms with Gasteiger partial charge >= 0.3 is 0 Å². The molecule has 0 unspecified atom stereocenters. The average Bonchev–Trinajstić information content (AvgIpc) is 3.17. The topological polar surface area (TPSA) is 115 Å². The van der Waals surface area contributed by atoms with Crippen LogP contribution >= 0.6 is 15.9 Å². The lowest BCUT2D eigenvalue weighted by Gasteiger charge is -2.25. The van der Waals surface area contributed by atoms with Crippen LogP contribution in [0.4, 0.5) is 5.69 Å². The molecule has 2 atom stereocenters. The molecule has 10 heteroatoms. The zero-order valence-corrected chi connectivity index (χ0v) is 19.9. The first-order chi connectivity index (χ1) is 15.8. The van der Waals surface area contributed by atoms with Gasteiger partial charge in [-0.25, -0.2) is 0 Å². The first-order valence-corrected chi connectivity index (χ1v) is 11.1. The maximum Gasteiger partial charge on any atom is 0.270 e. The summed E-state index contributed by atoms with van der Waals surface area (Å²) < 4.78 is 18.0. The highest BCUT2D eigenvalue weighted by atomic mass is 79.9. The summed E-state index contributed by atoms with van der Waals surface area (Å²) in [5.74, 6) is 0.800. The predicted octanol–water partition coefficient (Wildman–Crippen LogP) is 3.93. The summed E-state index contributed by atoms with van der Waals surface area (Å²) in [5.41, 5.74) is 0.843. The molecule has 2 heterocycles. The highest BCUT2D eigenvalue weighted by Crippen LogP contribution is 2.45. The van der Waals surface area contributed by atoms with Gasteiger partial charge in [-0.3, -0.25) is 14.9 Å². The molecule has 174 valence electrons. The smallest absolute Gasteiger partial charge is 0.270 e.